The number of nitrogens with one attached hydrogen (secondary N) is 1. The first kappa shape index (κ1) is 16.8. The van der Waals surface area contributed by atoms with Gasteiger partial charge < -0.3 is 15.6 Å². The van der Waals surface area contributed by atoms with E-state index in [2.05, 4.69) is 5.32 Å². The number of carbonyl (C=O) groups excluding carboxylic acids is 1. The zero-order valence-electron chi connectivity index (χ0n) is 14.5. The molecule has 1 aromatic heterocycles. The van der Waals surface area contributed by atoms with E-state index in [1.165, 1.54) is 12.1 Å². The van der Waals surface area contributed by atoms with Crippen molar-refractivity contribution < 1.29 is 9.18 Å². The minimum atomic E-state index is -0.286. The summed E-state index contributed by atoms with van der Waals surface area (Å²) in [5.41, 5.74) is 9.57. The molecule has 0 unspecified atom stereocenters. The number of benzene rings is 3. The van der Waals surface area contributed by atoms with Gasteiger partial charge in [0.05, 0.1) is 0 Å². The van der Waals surface area contributed by atoms with Gasteiger partial charge in [0, 0.05) is 28.8 Å². The molecule has 4 aromatic rings. The normalized spacial score (nSPS) is 10.9. The maximum Gasteiger partial charge on any atom is 0.272 e. The van der Waals surface area contributed by atoms with Gasteiger partial charge in [-0.05, 0) is 54.1 Å². The predicted molar refractivity (Wildman–Crippen MR) is 106 cm³/mol. The first-order chi connectivity index (χ1) is 13.1. The molecule has 0 aliphatic carbocycles. The fourth-order valence-corrected chi connectivity index (χ4v) is 3.14. The molecule has 0 saturated heterocycles. The van der Waals surface area contributed by atoms with Gasteiger partial charge >= 0.3 is 0 Å². The minimum absolute atomic E-state index is 0.210. The molecule has 4 rings (SSSR count). The maximum absolute atomic E-state index is 13.2. The first-order valence-corrected chi connectivity index (χ1v) is 8.60. The van der Waals surface area contributed by atoms with Crippen molar-refractivity contribution in [1.82, 2.24) is 4.57 Å². The van der Waals surface area contributed by atoms with E-state index in [1.807, 2.05) is 59.2 Å². The Balaban J connectivity index is 1.76. The fraction of sp³-hybridized carbons (Fsp3) is 0.0455. The van der Waals surface area contributed by atoms with Crippen molar-refractivity contribution >= 4 is 28.2 Å². The van der Waals surface area contributed by atoms with Gasteiger partial charge in [-0.3, -0.25) is 4.79 Å². The third-order valence-corrected chi connectivity index (χ3v) is 4.44. The Morgan fingerprint density at radius 3 is 2.44 bits per heavy atom. The summed E-state index contributed by atoms with van der Waals surface area (Å²) in [6.45, 7) is 0.450. The van der Waals surface area contributed by atoms with Crippen LogP contribution in [0.2, 0.25) is 0 Å². The smallest absolute Gasteiger partial charge is 0.272 e. The van der Waals surface area contributed by atoms with Crippen LogP contribution in [0.3, 0.4) is 0 Å². The number of fused-ring (bicyclic) bond motifs is 1. The van der Waals surface area contributed by atoms with Crippen molar-refractivity contribution in [2.45, 2.75) is 6.54 Å². The summed E-state index contributed by atoms with van der Waals surface area (Å²) in [7, 11) is 0. The molecule has 4 nitrogen and oxygen atoms in total. The Morgan fingerprint density at radius 1 is 0.963 bits per heavy atom. The Kier molecular flexibility index (Phi) is 4.34. The molecule has 0 bridgehead atoms. The Labute approximate surface area is 156 Å². The lowest BCUT2D eigenvalue weighted by Gasteiger charge is -2.12. The van der Waals surface area contributed by atoms with Crippen molar-refractivity contribution in [3.05, 3.63) is 95.9 Å². The van der Waals surface area contributed by atoms with E-state index in [0.717, 1.165) is 22.2 Å². The molecule has 0 fully saturated rings. The minimum Gasteiger partial charge on any atom is -0.399 e. The zero-order valence-corrected chi connectivity index (χ0v) is 14.5. The van der Waals surface area contributed by atoms with E-state index in [9.17, 15) is 9.18 Å². The molecule has 0 atom stereocenters. The molecular formula is C22H18FN3O. The summed E-state index contributed by atoms with van der Waals surface area (Å²) in [6, 6.07) is 22.9. The molecule has 0 aliphatic heterocycles. The number of amides is 1. The van der Waals surface area contributed by atoms with Crippen molar-refractivity contribution in [3.8, 4) is 0 Å². The second kappa shape index (κ2) is 6.96. The number of para-hydroxylation sites is 1. The van der Waals surface area contributed by atoms with Gasteiger partial charge in [0.2, 0.25) is 0 Å². The lowest BCUT2D eigenvalue weighted by Crippen LogP contribution is -2.17. The van der Waals surface area contributed by atoms with Gasteiger partial charge in [0.1, 0.15) is 11.5 Å². The summed E-state index contributed by atoms with van der Waals surface area (Å²) < 4.78 is 15.1. The largest absolute Gasteiger partial charge is 0.399 e. The molecule has 0 spiro atoms. The van der Waals surface area contributed by atoms with E-state index in [-0.39, 0.29) is 11.7 Å². The van der Waals surface area contributed by atoms with E-state index in [1.54, 1.807) is 12.1 Å². The van der Waals surface area contributed by atoms with Crippen LogP contribution in [-0.4, -0.2) is 10.5 Å². The highest BCUT2D eigenvalue weighted by atomic mass is 19.1. The summed E-state index contributed by atoms with van der Waals surface area (Å²) in [5.74, 6) is -0.496. The average Bonchev–Trinajstić information content (AvgIpc) is 3.02. The number of hydrogen-bond donors (Lipinski definition) is 2. The van der Waals surface area contributed by atoms with Gasteiger partial charge in [-0.15, -0.1) is 0 Å². The number of halogens is 1. The third kappa shape index (κ3) is 3.53. The van der Waals surface area contributed by atoms with Crippen molar-refractivity contribution in [2.75, 3.05) is 11.1 Å². The second-order valence-corrected chi connectivity index (χ2v) is 6.38. The fourth-order valence-electron chi connectivity index (χ4n) is 3.14. The number of nitrogens with two attached hydrogens (primary N) is 1. The zero-order chi connectivity index (χ0) is 18.8. The number of hydrogen-bond acceptors (Lipinski definition) is 2. The highest BCUT2D eigenvalue weighted by Crippen LogP contribution is 2.24. The van der Waals surface area contributed by atoms with Crippen LogP contribution < -0.4 is 11.1 Å². The van der Waals surface area contributed by atoms with Gasteiger partial charge in [0.25, 0.3) is 5.91 Å². The number of nitrogen functional groups attached to an aromatic ring is 1. The van der Waals surface area contributed by atoms with Gasteiger partial charge in [-0.2, -0.15) is 0 Å². The van der Waals surface area contributed by atoms with Crippen LogP contribution in [0.15, 0.2) is 78.9 Å². The molecule has 1 heterocycles. The molecule has 0 saturated carbocycles. The number of carbonyl (C=O) groups is 1. The van der Waals surface area contributed by atoms with Gasteiger partial charge in [-0.1, -0.05) is 30.3 Å². The predicted octanol–water partition coefficient (Wildman–Crippen LogP) is 4.66. The lowest BCUT2D eigenvalue weighted by atomic mass is 10.2. The van der Waals surface area contributed by atoms with Crippen LogP contribution in [0.25, 0.3) is 10.9 Å². The Morgan fingerprint density at radius 2 is 1.70 bits per heavy atom. The van der Waals surface area contributed by atoms with Crippen molar-refractivity contribution in [2.24, 2.45) is 0 Å². The third-order valence-electron chi connectivity index (χ3n) is 4.44. The van der Waals surface area contributed by atoms with Crippen LogP contribution in [0, 0.1) is 5.82 Å². The number of nitrogens with zero attached hydrogens (tertiary/aromatic N) is 1. The lowest BCUT2D eigenvalue weighted by molar-refractivity contribution is 0.101. The van der Waals surface area contributed by atoms with E-state index >= 15 is 0 Å². The molecule has 1 amide bonds. The van der Waals surface area contributed by atoms with Crippen LogP contribution in [0.1, 0.15) is 16.1 Å². The average molecular weight is 359 g/mol. The highest BCUT2D eigenvalue weighted by molar-refractivity contribution is 6.06. The maximum atomic E-state index is 13.2. The van der Waals surface area contributed by atoms with E-state index < -0.39 is 0 Å². The molecule has 3 N–H and O–H groups in total. The van der Waals surface area contributed by atoms with Crippen LogP contribution >= 0.6 is 0 Å². The number of rotatable bonds is 4. The van der Waals surface area contributed by atoms with Gasteiger partial charge in [-0.25, -0.2) is 4.39 Å². The second-order valence-electron chi connectivity index (χ2n) is 6.38. The van der Waals surface area contributed by atoms with Crippen LogP contribution in [0.5, 0.6) is 0 Å². The first-order valence-electron chi connectivity index (χ1n) is 8.60. The SMILES string of the molecule is Nc1ccc2c(c1)cc(C(=O)Nc1ccccc1)n2Cc1ccc(F)cc1. The Bertz CT molecular complexity index is 1100. The molecule has 0 radical (unpaired) electrons. The standard InChI is InChI=1S/C22H18FN3O/c23-17-8-6-15(7-9-17)14-26-20-11-10-18(24)12-16(20)13-21(26)22(27)25-19-4-2-1-3-5-19/h1-13H,14,24H2,(H,25,27). The quantitative estimate of drug-likeness (QED) is 0.521. The van der Waals surface area contributed by atoms with E-state index in [0.29, 0.717) is 17.9 Å². The summed E-state index contributed by atoms with van der Waals surface area (Å²) in [4.78, 5) is 12.9. The molecule has 134 valence electrons. The van der Waals surface area contributed by atoms with Crippen LogP contribution in [0.4, 0.5) is 15.8 Å². The van der Waals surface area contributed by atoms with Crippen molar-refractivity contribution in [3.63, 3.8) is 0 Å². The van der Waals surface area contributed by atoms with Gasteiger partial charge in [0.15, 0.2) is 0 Å². The molecule has 5 heteroatoms. The van der Waals surface area contributed by atoms with Crippen LogP contribution in [-0.2, 0) is 6.54 Å². The summed E-state index contributed by atoms with van der Waals surface area (Å²) in [6.07, 6.45) is 0. The summed E-state index contributed by atoms with van der Waals surface area (Å²) in [5, 5.41) is 3.80. The number of aromatic nitrogens is 1. The Hall–Kier alpha value is -3.60. The van der Waals surface area contributed by atoms with Crippen molar-refractivity contribution in [1.29, 1.82) is 0 Å². The van der Waals surface area contributed by atoms with E-state index in [4.69, 9.17) is 5.73 Å². The molecule has 27 heavy (non-hydrogen) atoms. The topological polar surface area (TPSA) is 60.1 Å². The summed E-state index contributed by atoms with van der Waals surface area (Å²) >= 11 is 0. The number of anilines is 2. The molecular weight excluding hydrogens is 341 g/mol. The molecule has 3 aromatic carbocycles. The monoisotopic (exact) mass is 359 g/mol. The molecule has 0 aliphatic rings. The highest BCUT2D eigenvalue weighted by Gasteiger charge is 2.16.